The Kier molecular flexibility index (Phi) is 3.73. The molecule has 0 atom stereocenters. The van der Waals surface area contributed by atoms with E-state index in [1.54, 1.807) is 25.3 Å². The molecule has 94 valence electrons. The first-order valence-corrected chi connectivity index (χ1v) is 5.92. The maximum absolute atomic E-state index is 13.4. The average molecular weight is 312 g/mol. The Morgan fingerprint density at radius 1 is 1.39 bits per heavy atom. The molecule has 7 heteroatoms. The van der Waals surface area contributed by atoms with Crippen LogP contribution in [0.1, 0.15) is 5.56 Å². The standard InChI is InChI=1S/C11H11BrFN5/c1-6-2-3-7(4-9(6)13)16-10-8(12)5-15-11(17-10)18-14/h2-5H,14H2,1H3,(H2,15,16,17,18). The summed E-state index contributed by atoms with van der Waals surface area (Å²) in [7, 11) is 0. The molecule has 0 amide bonds. The molecule has 0 unspecified atom stereocenters. The average Bonchev–Trinajstić information content (AvgIpc) is 2.36. The summed E-state index contributed by atoms with van der Waals surface area (Å²) in [5.74, 6) is 5.73. The SMILES string of the molecule is Cc1ccc(Nc2nc(NN)ncc2Br)cc1F. The monoisotopic (exact) mass is 311 g/mol. The van der Waals surface area contributed by atoms with Crippen LogP contribution in [0.5, 0.6) is 0 Å². The van der Waals surface area contributed by atoms with E-state index in [-0.39, 0.29) is 11.8 Å². The summed E-state index contributed by atoms with van der Waals surface area (Å²) in [6.45, 7) is 1.70. The highest BCUT2D eigenvalue weighted by Gasteiger charge is 2.06. The van der Waals surface area contributed by atoms with Gasteiger partial charge in [0.05, 0.1) is 4.47 Å². The first kappa shape index (κ1) is 12.7. The molecule has 0 aliphatic heterocycles. The molecule has 18 heavy (non-hydrogen) atoms. The number of hydrazine groups is 1. The van der Waals surface area contributed by atoms with Gasteiger partial charge in [0.15, 0.2) is 0 Å². The van der Waals surface area contributed by atoms with Gasteiger partial charge in [0, 0.05) is 11.9 Å². The lowest BCUT2D eigenvalue weighted by atomic mass is 10.2. The van der Waals surface area contributed by atoms with E-state index in [9.17, 15) is 4.39 Å². The number of rotatable bonds is 3. The number of nitrogen functional groups attached to an aromatic ring is 1. The summed E-state index contributed by atoms with van der Waals surface area (Å²) in [5, 5.41) is 2.98. The number of anilines is 3. The summed E-state index contributed by atoms with van der Waals surface area (Å²) in [6, 6.07) is 4.86. The first-order chi connectivity index (χ1) is 8.60. The van der Waals surface area contributed by atoms with Crippen LogP contribution < -0.4 is 16.6 Å². The van der Waals surface area contributed by atoms with Gasteiger partial charge in [-0.15, -0.1) is 0 Å². The zero-order valence-corrected chi connectivity index (χ0v) is 11.1. The molecule has 4 N–H and O–H groups in total. The zero-order valence-electron chi connectivity index (χ0n) is 9.54. The van der Waals surface area contributed by atoms with Gasteiger partial charge in [0.25, 0.3) is 0 Å². The predicted octanol–water partition coefficient (Wildman–Crippen LogP) is 2.72. The minimum Gasteiger partial charge on any atom is -0.339 e. The number of hydrogen-bond donors (Lipinski definition) is 3. The lowest BCUT2D eigenvalue weighted by Crippen LogP contribution is -2.11. The molecule has 0 bridgehead atoms. The third-order valence-corrected chi connectivity index (χ3v) is 2.89. The van der Waals surface area contributed by atoms with Crippen LogP contribution in [-0.2, 0) is 0 Å². The zero-order chi connectivity index (χ0) is 13.1. The fourth-order valence-corrected chi connectivity index (χ4v) is 1.62. The van der Waals surface area contributed by atoms with E-state index in [0.717, 1.165) is 0 Å². The number of hydrogen-bond acceptors (Lipinski definition) is 5. The second-order valence-corrected chi connectivity index (χ2v) is 4.48. The van der Waals surface area contributed by atoms with Gasteiger partial charge in [0.2, 0.25) is 5.95 Å². The number of halogens is 2. The largest absolute Gasteiger partial charge is 0.339 e. The first-order valence-electron chi connectivity index (χ1n) is 5.12. The van der Waals surface area contributed by atoms with Crippen molar-refractivity contribution >= 4 is 33.4 Å². The van der Waals surface area contributed by atoms with Crippen molar-refractivity contribution in [2.24, 2.45) is 5.84 Å². The van der Waals surface area contributed by atoms with E-state index in [1.165, 1.54) is 6.07 Å². The number of aromatic nitrogens is 2. The van der Waals surface area contributed by atoms with E-state index in [2.05, 4.69) is 36.6 Å². The topological polar surface area (TPSA) is 75.9 Å². The third kappa shape index (κ3) is 2.74. The van der Waals surface area contributed by atoms with Crippen LogP contribution >= 0.6 is 15.9 Å². The molecule has 0 spiro atoms. The number of nitrogens with one attached hydrogen (secondary N) is 2. The smallest absolute Gasteiger partial charge is 0.239 e. The molecule has 1 aromatic heterocycles. The van der Waals surface area contributed by atoms with Gasteiger partial charge < -0.3 is 5.32 Å². The van der Waals surface area contributed by atoms with E-state index in [1.807, 2.05) is 0 Å². The number of aryl methyl sites for hydroxylation is 1. The van der Waals surface area contributed by atoms with Crippen LogP contribution in [0.15, 0.2) is 28.9 Å². The van der Waals surface area contributed by atoms with Crippen molar-refractivity contribution in [1.29, 1.82) is 0 Å². The molecule has 0 saturated carbocycles. The summed E-state index contributed by atoms with van der Waals surface area (Å²) in [5.41, 5.74) is 3.53. The van der Waals surface area contributed by atoms with Crippen molar-refractivity contribution in [3.05, 3.63) is 40.2 Å². The second-order valence-electron chi connectivity index (χ2n) is 3.62. The fraction of sp³-hybridized carbons (Fsp3) is 0.0909. The van der Waals surface area contributed by atoms with Crippen LogP contribution in [0.25, 0.3) is 0 Å². The maximum atomic E-state index is 13.4. The Morgan fingerprint density at radius 3 is 2.83 bits per heavy atom. The van der Waals surface area contributed by atoms with Crippen molar-refractivity contribution in [2.75, 3.05) is 10.7 Å². The Balaban J connectivity index is 2.30. The van der Waals surface area contributed by atoms with Crippen molar-refractivity contribution < 1.29 is 4.39 Å². The van der Waals surface area contributed by atoms with Gasteiger partial charge in [-0.1, -0.05) is 6.07 Å². The Hall–Kier alpha value is -1.73. The van der Waals surface area contributed by atoms with Gasteiger partial charge in [-0.05, 0) is 40.5 Å². The molecule has 2 rings (SSSR count). The summed E-state index contributed by atoms with van der Waals surface area (Å²) < 4.78 is 14.1. The predicted molar refractivity (Wildman–Crippen MR) is 72.0 cm³/mol. The Morgan fingerprint density at radius 2 is 2.17 bits per heavy atom. The van der Waals surface area contributed by atoms with Crippen molar-refractivity contribution in [3.8, 4) is 0 Å². The molecule has 1 heterocycles. The lowest BCUT2D eigenvalue weighted by molar-refractivity contribution is 0.619. The molecule has 1 aromatic carbocycles. The highest BCUT2D eigenvalue weighted by Crippen LogP contribution is 2.24. The highest BCUT2D eigenvalue weighted by molar-refractivity contribution is 9.10. The van der Waals surface area contributed by atoms with Gasteiger partial charge in [0.1, 0.15) is 11.6 Å². The molecule has 0 saturated heterocycles. The van der Waals surface area contributed by atoms with Crippen LogP contribution in [-0.4, -0.2) is 9.97 Å². The molecular weight excluding hydrogens is 301 g/mol. The fourth-order valence-electron chi connectivity index (χ4n) is 1.33. The summed E-state index contributed by atoms with van der Waals surface area (Å²) in [6.07, 6.45) is 1.55. The molecule has 0 aliphatic carbocycles. The van der Waals surface area contributed by atoms with Gasteiger partial charge >= 0.3 is 0 Å². The van der Waals surface area contributed by atoms with E-state index in [0.29, 0.717) is 21.5 Å². The summed E-state index contributed by atoms with van der Waals surface area (Å²) >= 11 is 3.30. The lowest BCUT2D eigenvalue weighted by Gasteiger charge is -2.09. The summed E-state index contributed by atoms with van der Waals surface area (Å²) in [4.78, 5) is 8.03. The molecule has 5 nitrogen and oxygen atoms in total. The molecular formula is C11H11BrFN5. The normalized spacial score (nSPS) is 10.2. The maximum Gasteiger partial charge on any atom is 0.239 e. The van der Waals surface area contributed by atoms with E-state index >= 15 is 0 Å². The quantitative estimate of drug-likeness (QED) is 0.600. The molecule has 0 fully saturated rings. The van der Waals surface area contributed by atoms with Crippen LogP contribution in [0, 0.1) is 12.7 Å². The Bertz CT molecular complexity index is 575. The molecule has 2 aromatic rings. The molecule has 0 radical (unpaired) electrons. The highest BCUT2D eigenvalue weighted by atomic mass is 79.9. The van der Waals surface area contributed by atoms with Crippen LogP contribution in [0.3, 0.4) is 0 Å². The van der Waals surface area contributed by atoms with E-state index < -0.39 is 0 Å². The number of benzene rings is 1. The third-order valence-electron chi connectivity index (χ3n) is 2.31. The molecule has 0 aliphatic rings. The van der Waals surface area contributed by atoms with Gasteiger partial charge in [-0.25, -0.2) is 15.2 Å². The van der Waals surface area contributed by atoms with Crippen LogP contribution in [0.4, 0.5) is 21.8 Å². The van der Waals surface area contributed by atoms with Crippen molar-refractivity contribution in [3.63, 3.8) is 0 Å². The van der Waals surface area contributed by atoms with Crippen molar-refractivity contribution in [1.82, 2.24) is 9.97 Å². The Labute approximate surface area is 112 Å². The number of nitrogens with zero attached hydrogens (tertiary/aromatic N) is 2. The minimum atomic E-state index is -0.276. The van der Waals surface area contributed by atoms with E-state index in [4.69, 9.17) is 5.84 Å². The number of nitrogens with two attached hydrogens (primary N) is 1. The van der Waals surface area contributed by atoms with Crippen molar-refractivity contribution in [2.45, 2.75) is 6.92 Å². The van der Waals surface area contributed by atoms with Gasteiger partial charge in [-0.3, -0.25) is 5.43 Å². The second kappa shape index (κ2) is 5.28. The minimum absolute atomic E-state index is 0.272. The van der Waals surface area contributed by atoms with Gasteiger partial charge in [-0.2, -0.15) is 4.98 Å². The van der Waals surface area contributed by atoms with Crippen LogP contribution in [0.2, 0.25) is 0 Å².